The van der Waals surface area contributed by atoms with Gasteiger partial charge in [0.15, 0.2) is 11.4 Å². The van der Waals surface area contributed by atoms with Crippen LogP contribution in [0.4, 0.5) is 0 Å². The molecule has 0 radical (unpaired) electrons. The zero-order chi connectivity index (χ0) is 10.8. The second-order valence-electron chi connectivity index (χ2n) is 3.87. The predicted octanol–water partition coefficient (Wildman–Crippen LogP) is -0.295. The Hall–Kier alpha value is -1.34. The van der Waals surface area contributed by atoms with Crippen LogP contribution < -0.4 is 17.0 Å². The normalized spacial score (nSPS) is 9.88. The van der Waals surface area contributed by atoms with Crippen LogP contribution in [0.1, 0.15) is 11.4 Å². The first-order valence-electron chi connectivity index (χ1n) is 5.22. The third-order valence-corrected chi connectivity index (χ3v) is 2.91. The number of hydrogen-bond donors (Lipinski definition) is 0. The Labute approximate surface area is 103 Å². The number of nitrogens with zero attached hydrogens (tertiary/aromatic N) is 1. The van der Waals surface area contributed by atoms with E-state index in [-0.39, 0.29) is 12.4 Å². The highest BCUT2D eigenvalue weighted by atomic mass is 35.5. The van der Waals surface area contributed by atoms with Crippen LogP contribution in [0.25, 0.3) is 10.8 Å². The second-order valence-corrected chi connectivity index (χ2v) is 3.87. The molecule has 0 bridgehead atoms. The summed E-state index contributed by atoms with van der Waals surface area (Å²) in [5, 5.41) is 2.63. The average Bonchev–Trinajstić information content (AvgIpc) is 2.25. The molecule has 2 heteroatoms. The van der Waals surface area contributed by atoms with Crippen molar-refractivity contribution in [3.8, 4) is 0 Å². The Kier molecular flexibility index (Phi) is 4.08. The van der Waals surface area contributed by atoms with Crippen LogP contribution in [0, 0.1) is 6.92 Å². The second kappa shape index (κ2) is 5.13. The van der Waals surface area contributed by atoms with Gasteiger partial charge in [-0.3, -0.25) is 0 Å². The van der Waals surface area contributed by atoms with Gasteiger partial charge in [0.1, 0.15) is 7.05 Å². The van der Waals surface area contributed by atoms with Gasteiger partial charge in [0.25, 0.3) is 0 Å². The van der Waals surface area contributed by atoms with Crippen molar-refractivity contribution in [2.75, 3.05) is 0 Å². The van der Waals surface area contributed by atoms with Crippen LogP contribution in [-0.2, 0) is 13.5 Å². The number of hydrogen-bond acceptors (Lipinski definition) is 0. The number of fused-ring (bicyclic) bond motifs is 1. The smallest absolute Gasteiger partial charge is 0.192 e. The van der Waals surface area contributed by atoms with E-state index < -0.39 is 0 Å². The molecule has 0 spiro atoms. The Morgan fingerprint density at radius 1 is 1.31 bits per heavy atom. The summed E-state index contributed by atoms with van der Waals surface area (Å²) in [7, 11) is 2.11. The molecular formula is C14H16ClN. The van der Waals surface area contributed by atoms with Gasteiger partial charge in [-0.1, -0.05) is 24.3 Å². The van der Waals surface area contributed by atoms with Crippen molar-refractivity contribution in [1.82, 2.24) is 0 Å². The molecule has 0 N–H and O–H groups in total. The molecule has 0 fully saturated rings. The first-order chi connectivity index (χ1) is 7.24. The van der Waals surface area contributed by atoms with E-state index in [0.29, 0.717) is 0 Å². The molecular weight excluding hydrogens is 218 g/mol. The maximum atomic E-state index is 3.82. The molecule has 2 rings (SSSR count). The van der Waals surface area contributed by atoms with Gasteiger partial charge in [0.05, 0.1) is 6.42 Å². The van der Waals surface area contributed by atoms with Gasteiger partial charge in [-0.2, -0.15) is 0 Å². The number of halogens is 1. The van der Waals surface area contributed by atoms with Gasteiger partial charge in [0, 0.05) is 18.4 Å². The van der Waals surface area contributed by atoms with E-state index >= 15 is 0 Å². The molecule has 0 unspecified atom stereocenters. The summed E-state index contributed by atoms with van der Waals surface area (Å²) in [5.74, 6) is 0. The van der Waals surface area contributed by atoms with E-state index in [1.807, 2.05) is 6.08 Å². The van der Waals surface area contributed by atoms with Crippen LogP contribution in [0.5, 0.6) is 0 Å². The summed E-state index contributed by atoms with van der Waals surface area (Å²) in [4.78, 5) is 0. The largest absolute Gasteiger partial charge is 1.00 e. The highest BCUT2D eigenvalue weighted by molar-refractivity contribution is 5.83. The molecule has 16 heavy (non-hydrogen) atoms. The number of benzene rings is 1. The number of aryl methyl sites for hydroxylation is 1. The molecule has 0 saturated heterocycles. The monoisotopic (exact) mass is 233 g/mol. The quantitative estimate of drug-likeness (QED) is 0.496. The molecule has 0 aliphatic carbocycles. The van der Waals surface area contributed by atoms with Crippen molar-refractivity contribution in [3.63, 3.8) is 0 Å². The van der Waals surface area contributed by atoms with Crippen LogP contribution in [-0.4, -0.2) is 0 Å². The van der Waals surface area contributed by atoms with Gasteiger partial charge in [-0.25, -0.2) is 4.57 Å². The van der Waals surface area contributed by atoms with E-state index in [9.17, 15) is 0 Å². The van der Waals surface area contributed by atoms with E-state index in [1.165, 1.54) is 22.2 Å². The van der Waals surface area contributed by atoms with Gasteiger partial charge < -0.3 is 12.4 Å². The molecule has 1 heterocycles. The van der Waals surface area contributed by atoms with Crippen molar-refractivity contribution < 1.29 is 17.0 Å². The molecule has 0 atom stereocenters. The lowest BCUT2D eigenvalue weighted by molar-refractivity contribution is -0.683. The SMILES string of the molecule is C=CCc1c2ccccc2cc(C)[n+]1C.[Cl-]. The first kappa shape index (κ1) is 12.7. The number of rotatable bonds is 2. The molecule has 0 amide bonds. The van der Waals surface area contributed by atoms with Crippen molar-refractivity contribution in [2.45, 2.75) is 13.3 Å². The van der Waals surface area contributed by atoms with Crippen molar-refractivity contribution in [2.24, 2.45) is 7.05 Å². The van der Waals surface area contributed by atoms with Crippen LogP contribution in [0.3, 0.4) is 0 Å². The first-order valence-corrected chi connectivity index (χ1v) is 5.22. The van der Waals surface area contributed by atoms with E-state index in [1.54, 1.807) is 0 Å². The zero-order valence-electron chi connectivity index (χ0n) is 9.70. The van der Waals surface area contributed by atoms with Crippen molar-refractivity contribution in [1.29, 1.82) is 0 Å². The standard InChI is InChI=1S/C14H16N.ClH/c1-4-7-14-13-9-6-5-8-12(13)10-11(2)15(14)3;/h4-6,8-10H,1,7H2,2-3H3;1H/q+1;/p-1. The van der Waals surface area contributed by atoms with Gasteiger partial charge >= 0.3 is 0 Å². The third-order valence-electron chi connectivity index (χ3n) is 2.91. The lowest BCUT2D eigenvalue weighted by Crippen LogP contribution is -3.00. The summed E-state index contributed by atoms with van der Waals surface area (Å²) >= 11 is 0. The fraction of sp³-hybridized carbons (Fsp3) is 0.214. The third kappa shape index (κ3) is 2.10. The molecule has 1 nitrogen and oxygen atoms in total. The van der Waals surface area contributed by atoms with Gasteiger partial charge in [0.2, 0.25) is 0 Å². The number of allylic oxidation sites excluding steroid dienone is 1. The fourth-order valence-electron chi connectivity index (χ4n) is 1.98. The number of pyridine rings is 1. The van der Waals surface area contributed by atoms with Crippen LogP contribution >= 0.6 is 0 Å². The number of aromatic nitrogens is 1. The van der Waals surface area contributed by atoms with Gasteiger partial charge in [-0.05, 0) is 11.5 Å². The maximum absolute atomic E-state index is 3.82. The molecule has 0 saturated carbocycles. The van der Waals surface area contributed by atoms with Crippen molar-refractivity contribution >= 4 is 10.8 Å². The summed E-state index contributed by atoms with van der Waals surface area (Å²) in [6.45, 7) is 5.96. The minimum absolute atomic E-state index is 0. The summed E-state index contributed by atoms with van der Waals surface area (Å²) in [5.41, 5.74) is 2.62. The van der Waals surface area contributed by atoms with Crippen LogP contribution in [0.2, 0.25) is 0 Å². The maximum Gasteiger partial charge on any atom is 0.192 e. The summed E-state index contributed by atoms with van der Waals surface area (Å²) in [6.07, 6.45) is 2.87. The highest BCUT2D eigenvalue weighted by Gasteiger charge is 2.13. The zero-order valence-corrected chi connectivity index (χ0v) is 10.5. The molecule has 0 aliphatic rings. The molecule has 0 aliphatic heterocycles. The molecule has 1 aromatic carbocycles. The molecule has 2 aromatic rings. The van der Waals surface area contributed by atoms with Gasteiger partial charge in [-0.15, -0.1) is 6.58 Å². The average molecular weight is 234 g/mol. The summed E-state index contributed by atoms with van der Waals surface area (Å²) in [6, 6.07) is 10.7. The lowest BCUT2D eigenvalue weighted by Gasteiger charge is -2.05. The van der Waals surface area contributed by atoms with Crippen LogP contribution in [0.15, 0.2) is 43.0 Å². The topological polar surface area (TPSA) is 3.88 Å². The lowest BCUT2D eigenvalue weighted by atomic mass is 10.1. The Morgan fingerprint density at radius 3 is 2.69 bits per heavy atom. The Bertz CT molecular complexity index is 517. The van der Waals surface area contributed by atoms with E-state index in [0.717, 1.165) is 6.42 Å². The minimum Gasteiger partial charge on any atom is -1.00 e. The van der Waals surface area contributed by atoms with E-state index in [2.05, 4.69) is 55.4 Å². The highest BCUT2D eigenvalue weighted by Crippen LogP contribution is 2.17. The van der Waals surface area contributed by atoms with E-state index in [4.69, 9.17) is 0 Å². The predicted molar refractivity (Wildman–Crippen MR) is 63.8 cm³/mol. The Balaban J connectivity index is 0.00000128. The van der Waals surface area contributed by atoms with Crippen molar-refractivity contribution in [3.05, 3.63) is 54.4 Å². The fourth-order valence-corrected chi connectivity index (χ4v) is 1.98. The summed E-state index contributed by atoms with van der Waals surface area (Å²) < 4.78 is 2.24. The Morgan fingerprint density at radius 2 is 2.00 bits per heavy atom. The molecule has 84 valence electrons. The molecule has 1 aromatic heterocycles. The minimum atomic E-state index is 0.